The summed E-state index contributed by atoms with van der Waals surface area (Å²) >= 11 is 0. The van der Waals surface area contributed by atoms with Crippen LogP contribution >= 0.6 is 10.7 Å². The van der Waals surface area contributed by atoms with Gasteiger partial charge in [0.1, 0.15) is 5.82 Å². The molecule has 0 heterocycles. The Kier molecular flexibility index (Phi) is 3.99. The molecule has 0 N–H and O–H groups in total. The van der Waals surface area contributed by atoms with Gasteiger partial charge in [-0.05, 0) is 29.8 Å². The maximum absolute atomic E-state index is 13.8. The highest BCUT2D eigenvalue weighted by molar-refractivity contribution is 8.13. The van der Waals surface area contributed by atoms with Crippen LogP contribution in [0.15, 0.2) is 47.4 Å². The van der Waals surface area contributed by atoms with E-state index in [-0.39, 0.29) is 16.0 Å². The summed E-state index contributed by atoms with van der Waals surface area (Å²) < 4.78 is 73.6. The summed E-state index contributed by atoms with van der Waals surface area (Å²) in [4.78, 5) is -0.263. The van der Waals surface area contributed by atoms with Crippen molar-refractivity contribution >= 4 is 19.7 Å². The van der Waals surface area contributed by atoms with E-state index in [4.69, 9.17) is 10.7 Å². The Morgan fingerprint density at radius 3 is 2.19 bits per heavy atom. The lowest BCUT2D eigenvalue weighted by Gasteiger charge is -2.09. The summed E-state index contributed by atoms with van der Waals surface area (Å²) in [6.45, 7) is 0. The van der Waals surface area contributed by atoms with Crippen LogP contribution in [0.1, 0.15) is 5.56 Å². The van der Waals surface area contributed by atoms with Crippen molar-refractivity contribution in [2.24, 2.45) is 0 Å². The first-order valence-corrected chi connectivity index (χ1v) is 7.82. The largest absolute Gasteiger partial charge is 0.416 e. The lowest BCUT2D eigenvalue weighted by atomic mass is 10.0. The van der Waals surface area contributed by atoms with Crippen LogP contribution in [-0.4, -0.2) is 8.42 Å². The predicted octanol–water partition coefficient (Wildman–Crippen LogP) is 4.44. The first-order chi connectivity index (χ1) is 9.59. The number of benzene rings is 2. The Balaban J connectivity index is 2.53. The van der Waals surface area contributed by atoms with Crippen molar-refractivity contribution in [3.8, 4) is 11.1 Å². The monoisotopic (exact) mass is 338 g/mol. The molecule has 0 amide bonds. The first kappa shape index (κ1) is 15.8. The summed E-state index contributed by atoms with van der Waals surface area (Å²) in [7, 11) is 1.16. The van der Waals surface area contributed by atoms with Gasteiger partial charge in [-0.2, -0.15) is 13.2 Å². The van der Waals surface area contributed by atoms with Crippen LogP contribution in [0.3, 0.4) is 0 Å². The normalized spacial score (nSPS) is 12.4. The van der Waals surface area contributed by atoms with Crippen molar-refractivity contribution < 1.29 is 26.0 Å². The van der Waals surface area contributed by atoms with Gasteiger partial charge in [0.15, 0.2) is 0 Å². The van der Waals surface area contributed by atoms with Crippen molar-refractivity contribution in [3.63, 3.8) is 0 Å². The first-order valence-electron chi connectivity index (χ1n) is 5.51. The molecule has 0 bridgehead atoms. The molecule has 0 saturated carbocycles. The summed E-state index contributed by atoms with van der Waals surface area (Å²) in [5, 5.41) is 0. The SMILES string of the molecule is O=S(=O)(Cl)c1cccc(-c2ccc(C(F)(F)F)cc2F)c1. The highest BCUT2D eigenvalue weighted by Crippen LogP contribution is 2.33. The molecule has 112 valence electrons. The second-order valence-electron chi connectivity index (χ2n) is 4.16. The van der Waals surface area contributed by atoms with Crippen molar-refractivity contribution in [2.45, 2.75) is 11.1 Å². The zero-order valence-corrected chi connectivity index (χ0v) is 11.7. The van der Waals surface area contributed by atoms with Crippen molar-refractivity contribution in [2.75, 3.05) is 0 Å². The van der Waals surface area contributed by atoms with Crippen molar-refractivity contribution in [1.82, 2.24) is 0 Å². The zero-order valence-electron chi connectivity index (χ0n) is 10.2. The Hall–Kier alpha value is -1.60. The third-order valence-electron chi connectivity index (χ3n) is 2.72. The molecule has 2 aromatic rings. The standard InChI is InChI=1S/C13H7ClF4O2S/c14-21(19,20)10-3-1-2-8(6-10)11-5-4-9(7-12(11)15)13(16,17)18/h1-7H. The van der Waals surface area contributed by atoms with Crippen LogP contribution in [-0.2, 0) is 15.2 Å². The fraction of sp³-hybridized carbons (Fsp3) is 0.0769. The number of halogens is 5. The molecule has 0 atom stereocenters. The van der Waals surface area contributed by atoms with Gasteiger partial charge in [-0.1, -0.05) is 18.2 Å². The lowest BCUT2D eigenvalue weighted by molar-refractivity contribution is -0.137. The van der Waals surface area contributed by atoms with E-state index in [1.165, 1.54) is 18.2 Å². The summed E-state index contributed by atoms with van der Waals surface area (Å²) in [5.74, 6) is -1.10. The second-order valence-corrected chi connectivity index (χ2v) is 6.72. The molecule has 0 aliphatic heterocycles. The van der Waals surface area contributed by atoms with Crippen LogP contribution in [0.25, 0.3) is 11.1 Å². The Labute approximate surface area is 122 Å². The van der Waals surface area contributed by atoms with Crippen molar-refractivity contribution in [1.29, 1.82) is 0 Å². The van der Waals surface area contributed by atoms with E-state index in [1.807, 2.05) is 0 Å². The maximum atomic E-state index is 13.8. The summed E-state index contributed by atoms with van der Waals surface area (Å²) in [5.41, 5.74) is -1.15. The van der Waals surface area contributed by atoms with Gasteiger partial charge in [-0.25, -0.2) is 12.8 Å². The maximum Gasteiger partial charge on any atom is 0.416 e. The molecule has 8 heteroatoms. The van der Waals surface area contributed by atoms with Gasteiger partial charge in [-0.3, -0.25) is 0 Å². The fourth-order valence-corrected chi connectivity index (χ4v) is 2.54. The van der Waals surface area contributed by atoms with Crippen LogP contribution < -0.4 is 0 Å². The van der Waals surface area contributed by atoms with E-state index in [9.17, 15) is 26.0 Å². The molecule has 21 heavy (non-hydrogen) atoms. The van der Waals surface area contributed by atoms with E-state index in [0.29, 0.717) is 6.07 Å². The van der Waals surface area contributed by atoms with Crippen molar-refractivity contribution in [3.05, 3.63) is 53.8 Å². The molecule has 0 spiro atoms. The molecule has 0 saturated heterocycles. The number of alkyl halides is 3. The average Bonchev–Trinajstić information content (AvgIpc) is 2.36. The second kappa shape index (κ2) is 5.31. The molecular weight excluding hydrogens is 332 g/mol. The fourth-order valence-electron chi connectivity index (χ4n) is 1.74. The number of rotatable bonds is 2. The highest BCUT2D eigenvalue weighted by Gasteiger charge is 2.31. The smallest absolute Gasteiger partial charge is 0.207 e. The third kappa shape index (κ3) is 3.54. The van der Waals surface area contributed by atoms with Crippen LogP contribution in [0.4, 0.5) is 17.6 Å². The van der Waals surface area contributed by atoms with Gasteiger partial charge >= 0.3 is 6.18 Å². The van der Waals surface area contributed by atoms with E-state index >= 15 is 0 Å². The summed E-state index contributed by atoms with van der Waals surface area (Å²) in [6.07, 6.45) is -4.65. The van der Waals surface area contributed by atoms with E-state index in [1.54, 1.807) is 0 Å². The molecule has 0 fully saturated rings. The minimum absolute atomic E-state index is 0.114. The Morgan fingerprint density at radius 2 is 1.67 bits per heavy atom. The molecule has 2 rings (SSSR count). The Bertz CT molecular complexity index is 785. The Morgan fingerprint density at radius 1 is 1.00 bits per heavy atom. The van der Waals surface area contributed by atoms with Gasteiger partial charge < -0.3 is 0 Å². The van der Waals surface area contributed by atoms with E-state index in [0.717, 1.165) is 18.2 Å². The van der Waals surface area contributed by atoms with Gasteiger partial charge in [-0.15, -0.1) is 0 Å². The van der Waals surface area contributed by atoms with Gasteiger partial charge in [0.2, 0.25) is 0 Å². The van der Waals surface area contributed by atoms with E-state index in [2.05, 4.69) is 0 Å². The summed E-state index contributed by atoms with van der Waals surface area (Å²) in [6, 6.07) is 7.01. The molecule has 0 aliphatic rings. The molecule has 0 unspecified atom stereocenters. The zero-order chi connectivity index (χ0) is 15.8. The molecule has 0 aromatic heterocycles. The predicted molar refractivity (Wildman–Crippen MR) is 69.9 cm³/mol. The minimum Gasteiger partial charge on any atom is -0.207 e. The topological polar surface area (TPSA) is 34.1 Å². The van der Waals surface area contributed by atoms with Crippen LogP contribution in [0, 0.1) is 5.82 Å². The number of hydrogen-bond donors (Lipinski definition) is 0. The quantitative estimate of drug-likeness (QED) is 0.599. The third-order valence-corrected chi connectivity index (χ3v) is 4.07. The molecule has 2 aromatic carbocycles. The molecule has 2 nitrogen and oxygen atoms in total. The van der Waals surface area contributed by atoms with Crippen LogP contribution in [0.2, 0.25) is 0 Å². The van der Waals surface area contributed by atoms with Gasteiger partial charge in [0, 0.05) is 16.2 Å². The highest BCUT2D eigenvalue weighted by atomic mass is 35.7. The average molecular weight is 339 g/mol. The minimum atomic E-state index is -4.65. The van der Waals surface area contributed by atoms with E-state index < -0.39 is 26.6 Å². The lowest BCUT2D eigenvalue weighted by Crippen LogP contribution is -2.05. The number of hydrogen-bond acceptors (Lipinski definition) is 2. The molecule has 0 radical (unpaired) electrons. The van der Waals surface area contributed by atoms with Gasteiger partial charge in [0.25, 0.3) is 9.05 Å². The van der Waals surface area contributed by atoms with Gasteiger partial charge in [0.05, 0.1) is 10.5 Å². The molecular formula is C13H7ClF4O2S. The van der Waals surface area contributed by atoms with Crippen LogP contribution in [0.5, 0.6) is 0 Å². The molecule has 0 aliphatic carbocycles.